The fourth-order valence-electron chi connectivity index (χ4n) is 1.53. The van der Waals surface area contributed by atoms with Crippen LogP contribution in [0.1, 0.15) is 12.5 Å². The minimum absolute atomic E-state index is 0.129. The molecule has 1 heterocycles. The van der Waals surface area contributed by atoms with Crippen LogP contribution in [-0.2, 0) is 4.79 Å². The van der Waals surface area contributed by atoms with Gasteiger partial charge in [0, 0.05) is 0 Å². The first-order chi connectivity index (χ1) is 7.09. The minimum atomic E-state index is -0.266. The third-order valence-electron chi connectivity index (χ3n) is 2.29. The van der Waals surface area contributed by atoms with Crippen LogP contribution < -0.4 is 4.90 Å². The number of benzene rings is 1. The maximum atomic E-state index is 11.7. The van der Waals surface area contributed by atoms with Crippen molar-refractivity contribution in [1.82, 2.24) is 0 Å². The summed E-state index contributed by atoms with van der Waals surface area (Å²) in [6.45, 7) is 3.69. The van der Waals surface area contributed by atoms with Gasteiger partial charge in [-0.3, -0.25) is 9.59 Å². The predicted molar refractivity (Wildman–Crippen MR) is 61.1 cm³/mol. The van der Waals surface area contributed by atoms with E-state index in [4.69, 9.17) is 0 Å². The monoisotopic (exact) mass is 221 g/mol. The largest absolute Gasteiger partial charge is 0.293 e. The fraction of sp³-hybridized carbons (Fsp3) is 0.273. The topological polar surface area (TPSA) is 37.4 Å². The Morgan fingerprint density at radius 2 is 2.07 bits per heavy atom. The molecule has 1 atom stereocenters. The number of imide groups is 1. The van der Waals surface area contributed by atoms with E-state index < -0.39 is 0 Å². The molecule has 0 spiro atoms. The Hall–Kier alpha value is -1.29. The number of nitrogens with zero attached hydrogens (tertiary/aromatic N) is 1. The van der Waals surface area contributed by atoms with Crippen molar-refractivity contribution in [1.29, 1.82) is 0 Å². The van der Waals surface area contributed by atoms with Crippen LogP contribution in [-0.4, -0.2) is 16.4 Å². The molecule has 0 bridgehead atoms. The third kappa shape index (κ3) is 1.77. The lowest BCUT2D eigenvalue weighted by Gasteiger charge is -2.13. The average Bonchev–Trinajstić information content (AvgIpc) is 2.41. The van der Waals surface area contributed by atoms with E-state index in [1.165, 1.54) is 4.90 Å². The van der Waals surface area contributed by atoms with Gasteiger partial charge in [0.1, 0.15) is 0 Å². The number of carbonyl (C=O) groups is 2. The van der Waals surface area contributed by atoms with Crippen LogP contribution in [0.15, 0.2) is 24.3 Å². The van der Waals surface area contributed by atoms with Crippen LogP contribution in [0, 0.1) is 6.92 Å². The second-order valence-corrected chi connectivity index (χ2v) is 4.83. The van der Waals surface area contributed by atoms with Gasteiger partial charge in [-0.2, -0.15) is 0 Å². The van der Waals surface area contributed by atoms with Crippen molar-refractivity contribution in [3.8, 4) is 0 Å². The van der Waals surface area contributed by atoms with E-state index in [9.17, 15) is 9.59 Å². The van der Waals surface area contributed by atoms with E-state index >= 15 is 0 Å². The van der Waals surface area contributed by atoms with E-state index in [0.29, 0.717) is 5.69 Å². The molecule has 0 N–H and O–H groups in total. The van der Waals surface area contributed by atoms with Crippen molar-refractivity contribution in [2.45, 2.75) is 19.1 Å². The summed E-state index contributed by atoms with van der Waals surface area (Å²) in [7, 11) is 0. The highest BCUT2D eigenvalue weighted by molar-refractivity contribution is 8.15. The molecule has 1 aliphatic heterocycles. The number of carbonyl (C=O) groups excluding carboxylic acids is 2. The van der Waals surface area contributed by atoms with Crippen LogP contribution in [0.3, 0.4) is 0 Å². The van der Waals surface area contributed by atoms with E-state index in [-0.39, 0.29) is 16.4 Å². The predicted octanol–water partition coefficient (Wildman–Crippen LogP) is 2.58. The van der Waals surface area contributed by atoms with Crippen LogP contribution in [0.4, 0.5) is 10.5 Å². The number of thioether (sulfide) groups is 1. The van der Waals surface area contributed by atoms with Crippen molar-refractivity contribution in [2.24, 2.45) is 0 Å². The first-order valence-corrected chi connectivity index (χ1v) is 5.59. The third-order valence-corrected chi connectivity index (χ3v) is 3.23. The Bertz CT molecular complexity index is 430. The van der Waals surface area contributed by atoms with Crippen LogP contribution in [0.5, 0.6) is 0 Å². The van der Waals surface area contributed by atoms with E-state index in [0.717, 1.165) is 17.3 Å². The molecule has 0 radical (unpaired) electrons. The molecular weight excluding hydrogens is 210 g/mol. The van der Waals surface area contributed by atoms with Crippen molar-refractivity contribution >= 4 is 28.6 Å². The average molecular weight is 221 g/mol. The van der Waals surface area contributed by atoms with Crippen LogP contribution in [0.25, 0.3) is 0 Å². The second-order valence-electron chi connectivity index (χ2n) is 3.54. The first-order valence-electron chi connectivity index (χ1n) is 4.71. The zero-order chi connectivity index (χ0) is 11.0. The molecular formula is C11H11NO2S. The van der Waals surface area contributed by atoms with Crippen LogP contribution in [0.2, 0.25) is 0 Å². The van der Waals surface area contributed by atoms with E-state index in [1.54, 1.807) is 13.0 Å². The van der Waals surface area contributed by atoms with E-state index in [2.05, 4.69) is 0 Å². The highest BCUT2D eigenvalue weighted by Crippen LogP contribution is 2.31. The van der Waals surface area contributed by atoms with Crippen molar-refractivity contribution in [2.75, 3.05) is 4.90 Å². The molecule has 2 rings (SSSR count). The van der Waals surface area contributed by atoms with Gasteiger partial charge in [0.2, 0.25) is 5.91 Å². The first kappa shape index (κ1) is 10.2. The fourth-order valence-corrected chi connectivity index (χ4v) is 2.34. The minimum Gasteiger partial charge on any atom is -0.273 e. The number of hydrogen-bond donors (Lipinski definition) is 0. The lowest BCUT2D eigenvalue weighted by atomic mass is 10.2. The van der Waals surface area contributed by atoms with Gasteiger partial charge in [-0.1, -0.05) is 23.9 Å². The zero-order valence-electron chi connectivity index (χ0n) is 8.56. The summed E-state index contributed by atoms with van der Waals surface area (Å²) in [5.41, 5.74) is 1.71. The van der Waals surface area contributed by atoms with Gasteiger partial charge in [-0.05, 0) is 31.5 Å². The molecule has 0 aromatic heterocycles. The smallest absolute Gasteiger partial charge is 0.273 e. The summed E-state index contributed by atoms with van der Waals surface area (Å²) in [6.07, 6.45) is 0. The quantitative estimate of drug-likeness (QED) is 0.731. The molecule has 1 aromatic carbocycles. The maximum absolute atomic E-state index is 11.7. The second kappa shape index (κ2) is 3.70. The molecule has 0 saturated carbocycles. The Morgan fingerprint density at radius 3 is 2.60 bits per heavy atom. The highest BCUT2D eigenvalue weighted by atomic mass is 32.2. The summed E-state index contributed by atoms with van der Waals surface area (Å²) < 4.78 is 0. The number of hydrogen-bond acceptors (Lipinski definition) is 3. The van der Waals surface area contributed by atoms with Gasteiger partial charge in [0.05, 0.1) is 10.9 Å². The molecule has 1 saturated heterocycles. The Kier molecular flexibility index (Phi) is 2.52. The molecule has 1 fully saturated rings. The Labute approximate surface area is 92.5 Å². The molecule has 1 aromatic rings. The van der Waals surface area contributed by atoms with Crippen molar-refractivity contribution in [3.05, 3.63) is 29.8 Å². The normalized spacial score (nSPS) is 21.2. The summed E-state index contributed by atoms with van der Waals surface area (Å²) in [6, 6.07) is 7.40. The Balaban J connectivity index is 2.39. The number of aryl methyl sites for hydroxylation is 1. The Morgan fingerprint density at radius 1 is 1.33 bits per heavy atom. The van der Waals surface area contributed by atoms with Gasteiger partial charge in [0.15, 0.2) is 0 Å². The van der Waals surface area contributed by atoms with Gasteiger partial charge >= 0.3 is 0 Å². The number of rotatable bonds is 1. The summed E-state index contributed by atoms with van der Waals surface area (Å²) >= 11 is 1.07. The molecule has 78 valence electrons. The van der Waals surface area contributed by atoms with Gasteiger partial charge < -0.3 is 0 Å². The molecule has 0 unspecified atom stereocenters. The summed E-state index contributed by atoms with van der Waals surface area (Å²) in [4.78, 5) is 24.5. The maximum Gasteiger partial charge on any atom is 0.293 e. The SMILES string of the molecule is Cc1cccc(N2C(=O)S[C@H](C)C2=O)c1. The standard InChI is InChI=1S/C11H11NO2S/c1-7-4-3-5-9(6-7)12-10(13)8(2)15-11(12)14/h3-6,8H,1-2H3/t8-/m1/s1. The molecule has 3 nitrogen and oxygen atoms in total. The molecule has 0 aliphatic carbocycles. The van der Waals surface area contributed by atoms with Crippen molar-refractivity contribution in [3.63, 3.8) is 0 Å². The number of amides is 2. The highest BCUT2D eigenvalue weighted by Gasteiger charge is 2.37. The number of anilines is 1. The van der Waals surface area contributed by atoms with Gasteiger partial charge in [0.25, 0.3) is 5.24 Å². The van der Waals surface area contributed by atoms with Gasteiger partial charge in [-0.25, -0.2) is 4.90 Å². The van der Waals surface area contributed by atoms with Crippen LogP contribution >= 0.6 is 11.8 Å². The molecule has 15 heavy (non-hydrogen) atoms. The lowest BCUT2D eigenvalue weighted by molar-refractivity contribution is -0.116. The molecule has 1 aliphatic rings. The summed E-state index contributed by atoms with van der Waals surface area (Å²) in [5.74, 6) is -0.129. The zero-order valence-corrected chi connectivity index (χ0v) is 9.38. The molecule has 2 amide bonds. The lowest BCUT2D eigenvalue weighted by Crippen LogP contribution is -2.30. The summed E-state index contributed by atoms with van der Waals surface area (Å²) in [5, 5.41) is -0.448. The van der Waals surface area contributed by atoms with Gasteiger partial charge in [-0.15, -0.1) is 0 Å². The van der Waals surface area contributed by atoms with E-state index in [1.807, 2.05) is 25.1 Å². The molecule has 4 heteroatoms. The van der Waals surface area contributed by atoms with Crippen molar-refractivity contribution < 1.29 is 9.59 Å².